The number of nitrogens with zero attached hydrogens (tertiary/aromatic N) is 1. The first kappa shape index (κ1) is 21.0. The highest BCUT2D eigenvalue weighted by atomic mass is 79.9. The summed E-state index contributed by atoms with van der Waals surface area (Å²) in [7, 11) is 0. The van der Waals surface area contributed by atoms with Crippen LogP contribution in [0.2, 0.25) is 0 Å². The molecule has 0 aliphatic rings. The zero-order valence-corrected chi connectivity index (χ0v) is 18.9. The van der Waals surface area contributed by atoms with Crippen LogP contribution >= 0.6 is 28.1 Å². The van der Waals surface area contributed by atoms with Crippen molar-refractivity contribution in [2.75, 3.05) is 11.9 Å². The molecule has 0 bridgehead atoms. The van der Waals surface area contributed by atoms with Crippen molar-refractivity contribution in [3.05, 3.63) is 76.8 Å². The third kappa shape index (κ3) is 4.92. The highest BCUT2D eigenvalue weighted by molar-refractivity contribution is 9.10. The number of hydrogen-bond acceptors (Lipinski definition) is 5. The van der Waals surface area contributed by atoms with Gasteiger partial charge in [-0.1, -0.05) is 12.1 Å². The highest BCUT2D eigenvalue weighted by Crippen LogP contribution is 2.27. The summed E-state index contributed by atoms with van der Waals surface area (Å²) in [6, 6.07) is 20.1. The predicted molar refractivity (Wildman–Crippen MR) is 128 cm³/mol. The minimum atomic E-state index is -0.301. The topological polar surface area (TPSA) is 76.4 Å². The van der Waals surface area contributed by atoms with Gasteiger partial charge in [-0.25, -0.2) is 4.98 Å². The van der Waals surface area contributed by atoms with E-state index < -0.39 is 0 Å². The van der Waals surface area contributed by atoms with Gasteiger partial charge in [-0.2, -0.15) is 0 Å². The maximum Gasteiger partial charge on any atom is 0.258 e. The van der Waals surface area contributed by atoms with Crippen molar-refractivity contribution in [2.45, 2.75) is 6.92 Å². The van der Waals surface area contributed by atoms with Crippen LogP contribution < -0.4 is 15.4 Å². The maximum absolute atomic E-state index is 12.4. The second-order valence-corrected chi connectivity index (χ2v) is 7.81. The summed E-state index contributed by atoms with van der Waals surface area (Å²) in [5.74, 6) is 1.01. The Balaban J connectivity index is 1.47. The SMILES string of the molecule is CCOc1ccc(-c2nc3cc(NC(=S)NC(=O)c4ccccc4Br)ccc3o2)cc1. The number of carbonyl (C=O) groups is 1. The standard InChI is InChI=1S/C23H18BrN3O3S/c1-2-29-16-10-7-14(8-11-16)22-26-19-13-15(9-12-20(19)30-22)25-23(31)27-21(28)17-5-3-4-6-18(17)24/h3-13H,2H2,1H3,(H2,25,27,28,31). The van der Waals surface area contributed by atoms with E-state index in [9.17, 15) is 4.79 Å². The molecule has 8 heteroatoms. The Morgan fingerprint density at radius 3 is 2.65 bits per heavy atom. The number of nitrogens with one attached hydrogen (secondary N) is 2. The molecule has 0 aliphatic heterocycles. The average molecular weight is 496 g/mol. The molecule has 3 aromatic carbocycles. The first-order chi connectivity index (χ1) is 15.0. The van der Waals surface area contributed by atoms with Gasteiger partial charge in [0.25, 0.3) is 5.91 Å². The number of thiocarbonyl (C=S) groups is 1. The molecule has 0 atom stereocenters. The normalized spacial score (nSPS) is 10.6. The molecule has 0 fully saturated rings. The fourth-order valence-electron chi connectivity index (χ4n) is 2.97. The van der Waals surface area contributed by atoms with Gasteiger partial charge in [0, 0.05) is 15.7 Å². The van der Waals surface area contributed by atoms with Gasteiger partial charge in [0.1, 0.15) is 11.3 Å². The van der Waals surface area contributed by atoms with Gasteiger partial charge in [-0.05, 0) is 89.7 Å². The van der Waals surface area contributed by atoms with Gasteiger partial charge in [0.05, 0.1) is 12.2 Å². The molecule has 0 saturated heterocycles. The summed E-state index contributed by atoms with van der Waals surface area (Å²) in [5, 5.41) is 5.88. The lowest BCUT2D eigenvalue weighted by atomic mass is 10.2. The lowest BCUT2D eigenvalue weighted by Gasteiger charge is -2.10. The third-order valence-electron chi connectivity index (χ3n) is 4.40. The molecule has 0 unspecified atom stereocenters. The molecule has 1 amide bonds. The van der Waals surface area contributed by atoms with Gasteiger partial charge >= 0.3 is 0 Å². The molecule has 1 aromatic heterocycles. The van der Waals surface area contributed by atoms with Crippen LogP contribution in [-0.4, -0.2) is 22.6 Å². The van der Waals surface area contributed by atoms with Crippen molar-refractivity contribution < 1.29 is 13.9 Å². The van der Waals surface area contributed by atoms with Crippen molar-refractivity contribution in [3.8, 4) is 17.2 Å². The van der Waals surface area contributed by atoms with E-state index in [0.717, 1.165) is 11.3 Å². The number of anilines is 1. The second-order valence-electron chi connectivity index (χ2n) is 6.55. The van der Waals surface area contributed by atoms with E-state index in [1.807, 2.05) is 49.4 Å². The largest absolute Gasteiger partial charge is 0.494 e. The van der Waals surface area contributed by atoms with Crippen LogP contribution in [0.1, 0.15) is 17.3 Å². The molecular formula is C23H18BrN3O3S. The van der Waals surface area contributed by atoms with Crippen LogP contribution in [0.25, 0.3) is 22.6 Å². The van der Waals surface area contributed by atoms with Crippen LogP contribution in [0, 0.1) is 0 Å². The van der Waals surface area contributed by atoms with E-state index in [0.29, 0.717) is 39.3 Å². The Labute approximate surface area is 192 Å². The lowest BCUT2D eigenvalue weighted by Crippen LogP contribution is -2.34. The number of oxazole rings is 1. The summed E-state index contributed by atoms with van der Waals surface area (Å²) in [6.07, 6.45) is 0. The first-order valence-electron chi connectivity index (χ1n) is 9.54. The molecule has 4 aromatic rings. The van der Waals surface area contributed by atoms with E-state index in [-0.39, 0.29) is 11.0 Å². The minimum absolute atomic E-state index is 0.190. The van der Waals surface area contributed by atoms with E-state index in [4.69, 9.17) is 21.4 Å². The number of rotatable bonds is 5. The molecular weight excluding hydrogens is 478 g/mol. The number of benzene rings is 3. The summed E-state index contributed by atoms with van der Waals surface area (Å²) >= 11 is 8.64. The van der Waals surface area contributed by atoms with Crippen LogP contribution in [0.4, 0.5) is 5.69 Å². The fraction of sp³-hybridized carbons (Fsp3) is 0.0870. The lowest BCUT2D eigenvalue weighted by molar-refractivity contribution is 0.0977. The predicted octanol–water partition coefficient (Wildman–Crippen LogP) is 5.78. The summed E-state index contributed by atoms with van der Waals surface area (Å²) in [4.78, 5) is 17.0. The Kier molecular flexibility index (Phi) is 6.29. The molecule has 4 rings (SSSR count). The average Bonchev–Trinajstić information content (AvgIpc) is 3.18. The van der Waals surface area contributed by atoms with Gasteiger partial charge in [0.2, 0.25) is 5.89 Å². The summed E-state index contributed by atoms with van der Waals surface area (Å²) in [6.45, 7) is 2.56. The fourth-order valence-corrected chi connectivity index (χ4v) is 3.64. The highest BCUT2D eigenvalue weighted by Gasteiger charge is 2.12. The molecule has 0 spiro atoms. The molecule has 2 N–H and O–H groups in total. The number of ether oxygens (including phenoxy) is 1. The number of hydrogen-bond donors (Lipinski definition) is 2. The second kappa shape index (κ2) is 9.28. The van der Waals surface area contributed by atoms with Crippen LogP contribution in [0.5, 0.6) is 5.75 Å². The van der Waals surface area contributed by atoms with E-state index >= 15 is 0 Å². The van der Waals surface area contributed by atoms with E-state index in [1.165, 1.54) is 0 Å². The van der Waals surface area contributed by atoms with Gasteiger partial charge in [0.15, 0.2) is 10.7 Å². The van der Waals surface area contributed by atoms with Gasteiger partial charge in [-0.3, -0.25) is 10.1 Å². The number of amides is 1. The quantitative estimate of drug-likeness (QED) is 0.341. The maximum atomic E-state index is 12.4. The zero-order valence-electron chi connectivity index (χ0n) is 16.5. The van der Waals surface area contributed by atoms with Crippen LogP contribution in [-0.2, 0) is 0 Å². The van der Waals surface area contributed by atoms with Crippen LogP contribution in [0.15, 0.2) is 75.6 Å². The van der Waals surface area contributed by atoms with Crippen molar-refractivity contribution in [3.63, 3.8) is 0 Å². The molecule has 1 heterocycles. The Morgan fingerprint density at radius 2 is 1.90 bits per heavy atom. The van der Waals surface area contributed by atoms with Gasteiger partial charge in [-0.15, -0.1) is 0 Å². The van der Waals surface area contributed by atoms with Crippen molar-refractivity contribution in [1.82, 2.24) is 10.3 Å². The first-order valence-corrected chi connectivity index (χ1v) is 10.7. The molecule has 156 valence electrons. The molecule has 0 aliphatic carbocycles. The number of carbonyl (C=O) groups excluding carboxylic acids is 1. The van der Waals surface area contributed by atoms with Crippen LogP contribution in [0.3, 0.4) is 0 Å². The van der Waals surface area contributed by atoms with Crippen molar-refractivity contribution in [2.24, 2.45) is 0 Å². The molecule has 0 radical (unpaired) electrons. The Morgan fingerprint density at radius 1 is 1.13 bits per heavy atom. The summed E-state index contributed by atoms with van der Waals surface area (Å²) in [5.41, 5.74) is 3.37. The Hall–Kier alpha value is -3.23. The van der Waals surface area contributed by atoms with Crippen molar-refractivity contribution in [1.29, 1.82) is 0 Å². The molecule has 31 heavy (non-hydrogen) atoms. The van der Waals surface area contributed by atoms with E-state index in [2.05, 4.69) is 31.5 Å². The van der Waals surface area contributed by atoms with Crippen molar-refractivity contribution >= 4 is 56.0 Å². The number of halogens is 1. The minimum Gasteiger partial charge on any atom is -0.494 e. The number of fused-ring (bicyclic) bond motifs is 1. The van der Waals surface area contributed by atoms with Gasteiger partial charge < -0.3 is 14.5 Å². The smallest absolute Gasteiger partial charge is 0.258 e. The zero-order chi connectivity index (χ0) is 21.8. The van der Waals surface area contributed by atoms with E-state index in [1.54, 1.807) is 24.3 Å². The molecule has 6 nitrogen and oxygen atoms in total. The third-order valence-corrected chi connectivity index (χ3v) is 5.30. The number of aromatic nitrogens is 1. The monoisotopic (exact) mass is 495 g/mol. The Bertz CT molecular complexity index is 1250. The molecule has 0 saturated carbocycles. The summed E-state index contributed by atoms with van der Waals surface area (Å²) < 4.78 is 12.0.